The molecule has 1 saturated heterocycles. The molecule has 1 heterocycles. The monoisotopic (exact) mass is 569 g/mol. The Bertz CT molecular complexity index is 1350. The number of benzene rings is 3. The van der Waals surface area contributed by atoms with E-state index in [0.29, 0.717) is 11.3 Å². The number of rotatable bonds is 12. The van der Waals surface area contributed by atoms with Gasteiger partial charge in [0.15, 0.2) is 0 Å². The van der Waals surface area contributed by atoms with Gasteiger partial charge in [-0.25, -0.2) is 0 Å². The number of allylic oxidation sites excluding steroid dienone is 1. The predicted molar refractivity (Wildman–Crippen MR) is 164 cm³/mol. The number of methoxy groups -OCH3 is 3. The van der Waals surface area contributed by atoms with Crippen LogP contribution in [-0.2, 0) is 19.1 Å². The minimum Gasteiger partial charge on any atom is -0.497 e. The normalized spacial score (nSPS) is 14.5. The van der Waals surface area contributed by atoms with Crippen LogP contribution in [0.25, 0.3) is 5.57 Å². The fourth-order valence-electron chi connectivity index (χ4n) is 5.30. The summed E-state index contributed by atoms with van der Waals surface area (Å²) in [7, 11) is 4.34. The number of amides is 1. The summed E-state index contributed by atoms with van der Waals surface area (Å²) in [5.41, 5.74) is 2.87. The lowest BCUT2D eigenvalue weighted by Crippen LogP contribution is -2.55. The minimum atomic E-state index is -0.593. The Kier molecular flexibility index (Phi) is 10.5. The van der Waals surface area contributed by atoms with Gasteiger partial charge in [0, 0.05) is 26.2 Å². The van der Waals surface area contributed by atoms with Gasteiger partial charge in [-0.15, -0.1) is 0 Å². The zero-order valence-corrected chi connectivity index (χ0v) is 24.7. The van der Waals surface area contributed by atoms with Gasteiger partial charge < -0.3 is 19.5 Å². The summed E-state index contributed by atoms with van der Waals surface area (Å²) in [5.74, 6) is -0.606. The van der Waals surface area contributed by atoms with E-state index >= 15 is 0 Å². The smallest absolute Gasteiger partial charge is 0.290 e. The lowest BCUT2D eigenvalue weighted by Gasteiger charge is -2.42. The maximum atomic E-state index is 13.5. The molecule has 1 aliphatic rings. The van der Waals surface area contributed by atoms with Gasteiger partial charge in [0.25, 0.3) is 11.9 Å². The zero-order valence-electron chi connectivity index (χ0n) is 24.7. The highest BCUT2D eigenvalue weighted by Crippen LogP contribution is 2.30. The van der Waals surface area contributed by atoms with Gasteiger partial charge in [-0.05, 0) is 35.7 Å². The van der Waals surface area contributed by atoms with E-state index < -0.39 is 11.7 Å². The van der Waals surface area contributed by atoms with Crippen molar-refractivity contribution in [2.75, 3.05) is 47.5 Å². The van der Waals surface area contributed by atoms with Crippen molar-refractivity contribution < 1.29 is 23.8 Å². The molecule has 0 spiro atoms. The summed E-state index contributed by atoms with van der Waals surface area (Å²) in [5, 5.41) is 2.96. The first kappa shape index (κ1) is 30.6. The number of carbonyl (C=O) groups excluding carboxylic acids is 2. The molecule has 1 atom stereocenters. The van der Waals surface area contributed by atoms with Gasteiger partial charge in [0.05, 0.1) is 39.1 Å². The van der Waals surface area contributed by atoms with Gasteiger partial charge in [-0.2, -0.15) is 0 Å². The lowest BCUT2D eigenvalue weighted by atomic mass is 9.96. The largest absolute Gasteiger partial charge is 0.497 e. The van der Waals surface area contributed by atoms with Crippen LogP contribution in [0.1, 0.15) is 29.7 Å². The molecule has 0 saturated carbocycles. The number of piperazine rings is 1. The van der Waals surface area contributed by atoms with E-state index in [1.165, 1.54) is 32.5 Å². The third-order valence-electron chi connectivity index (χ3n) is 7.54. The molecule has 8 heteroatoms. The second-order valence-corrected chi connectivity index (χ2v) is 10.1. The molecule has 1 amide bonds. The van der Waals surface area contributed by atoms with Crippen LogP contribution in [0.5, 0.6) is 5.75 Å². The lowest BCUT2D eigenvalue weighted by molar-refractivity contribution is -0.122. The third-order valence-corrected chi connectivity index (χ3v) is 7.54. The molecule has 1 fully saturated rings. The van der Waals surface area contributed by atoms with Crippen LogP contribution < -0.4 is 10.1 Å². The Labute approximate surface area is 248 Å². The molecule has 0 radical (unpaired) electrons. The first-order valence-electron chi connectivity index (χ1n) is 14.0. The van der Waals surface area contributed by atoms with Crippen LogP contribution in [0, 0.1) is 0 Å². The standard InChI is InChI=1S/C34H39N3O5/c1-24(32(38)30(34(41-4)42-5)28-17-12-18-29(23-28)40-3)33(39)35-25(2)36-19-21-37(22-20-36)31(26-13-8-6-9-14-26)27-15-10-7-11-16-27/h6-18,23,25,31H,1,19-22H2,2-5H3,(H,35,39). The van der Waals surface area contributed by atoms with Gasteiger partial charge in [0.2, 0.25) is 5.78 Å². The van der Waals surface area contributed by atoms with Crippen molar-refractivity contribution >= 4 is 17.3 Å². The molecular formula is C34H39N3O5. The fourth-order valence-corrected chi connectivity index (χ4v) is 5.30. The number of hydrogen-bond acceptors (Lipinski definition) is 7. The molecule has 3 aromatic carbocycles. The Morgan fingerprint density at radius 3 is 1.86 bits per heavy atom. The molecular weight excluding hydrogens is 530 g/mol. The molecule has 1 unspecified atom stereocenters. The number of nitrogens with one attached hydrogen (secondary N) is 1. The van der Waals surface area contributed by atoms with Gasteiger partial charge in [-0.3, -0.25) is 19.4 Å². The molecule has 1 aliphatic heterocycles. The highest BCUT2D eigenvalue weighted by atomic mass is 16.7. The number of hydrogen-bond donors (Lipinski definition) is 1. The Morgan fingerprint density at radius 2 is 1.33 bits per heavy atom. The molecule has 0 bridgehead atoms. The second-order valence-electron chi connectivity index (χ2n) is 10.1. The van der Waals surface area contributed by atoms with Gasteiger partial charge in [0.1, 0.15) is 11.3 Å². The Hall–Kier alpha value is -4.40. The third kappa shape index (κ3) is 7.08. The summed E-state index contributed by atoms with van der Waals surface area (Å²) >= 11 is 0. The van der Waals surface area contributed by atoms with E-state index in [2.05, 4.69) is 70.2 Å². The molecule has 0 aromatic heterocycles. The molecule has 3 aromatic rings. The first-order valence-corrected chi connectivity index (χ1v) is 14.0. The van der Waals surface area contributed by atoms with Crippen molar-refractivity contribution in [1.82, 2.24) is 15.1 Å². The van der Waals surface area contributed by atoms with Gasteiger partial charge >= 0.3 is 0 Å². The van der Waals surface area contributed by atoms with Gasteiger partial charge in [-0.1, -0.05) is 79.4 Å². The first-order chi connectivity index (χ1) is 20.4. The summed E-state index contributed by atoms with van der Waals surface area (Å²) < 4.78 is 15.9. The molecule has 42 heavy (non-hydrogen) atoms. The van der Waals surface area contributed by atoms with Crippen molar-refractivity contribution in [3.05, 3.63) is 120 Å². The predicted octanol–water partition coefficient (Wildman–Crippen LogP) is 4.65. The number of ketones is 1. The Balaban J connectivity index is 1.43. The van der Waals surface area contributed by atoms with Crippen LogP contribution in [0.2, 0.25) is 0 Å². The fraction of sp³-hybridized carbons (Fsp3) is 0.294. The number of nitrogens with zero attached hydrogens (tertiary/aromatic N) is 2. The molecule has 0 aliphatic carbocycles. The maximum Gasteiger partial charge on any atom is 0.290 e. The average Bonchev–Trinajstić information content (AvgIpc) is 3.04. The molecule has 220 valence electrons. The second kappa shape index (κ2) is 14.5. The van der Waals surface area contributed by atoms with Crippen LogP contribution in [0.4, 0.5) is 0 Å². The summed E-state index contributed by atoms with van der Waals surface area (Å²) in [6, 6.07) is 28.1. The quantitative estimate of drug-likeness (QED) is 0.147. The van der Waals surface area contributed by atoms with Crippen molar-refractivity contribution in [1.29, 1.82) is 0 Å². The van der Waals surface area contributed by atoms with Crippen molar-refractivity contribution in [2.45, 2.75) is 19.1 Å². The van der Waals surface area contributed by atoms with Crippen LogP contribution in [-0.4, -0.2) is 75.2 Å². The highest BCUT2D eigenvalue weighted by molar-refractivity contribution is 6.37. The summed E-state index contributed by atoms with van der Waals surface area (Å²) in [4.78, 5) is 31.5. The molecule has 1 N–H and O–H groups in total. The molecule has 8 nitrogen and oxygen atoms in total. The molecule has 4 rings (SSSR count). The minimum absolute atomic E-state index is 0.0160. The number of Topliss-reactive ketones (excluding diaryl/α,β-unsaturated/α-hetero) is 1. The number of ether oxygens (including phenoxy) is 3. The SMILES string of the molecule is C=C(C(=O)NC(C)N1CCN(C(c2ccccc2)c2ccccc2)CC1)C(=O)C(=C(OC)OC)c1cccc(OC)c1. The van der Waals surface area contributed by atoms with Crippen molar-refractivity contribution in [3.63, 3.8) is 0 Å². The highest BCUT2D eigenvalue weighted by Gasteiger charge is 2.31. The van der Waals surface area contributed by atoms with E-state index in [4.69, 9.17) is 14.2 Å². The van der Waals surface area contributed by atoms with E-state index in [0.717, 1.165) is 26.2 Å². The van der Waals surface area contributed by atoms with E-state index in [1.54, 1.807) is 24.3 Å². The zero-order chi connectivity index (χ0) is 30.1. The van der Waals surface area contributed by atoms with Crippen LogP contribution in [0.15, 0.2) is 103 Å². The Morgan fingerprint density at radius 1 is 0.786 bits per heavy atom. The van der Waals surface area contributed by atoms with E-state index in [9.17, 15) is 9.59 Å². The van der Waals surface area contributed by atoms with Crippen molar-refractivity contribution in [2.24, 2.45) is 0 Å². The van der Waals surface area contributed by atoms with Crippen LogP contribution >= 0.6 is 0 Å². The maximum absolute atomic E-state index is 13.5. The van der Waals surface area contributed by atoms with Crippen molar-refractivity contribution in [3.8, 4) is 5.75 Å². The average molecular weight is 570 g/mol. The summed E-state index contributed by atoms with van der Waals surface area (Å²) in [6.45, 7) is 8.91. The number of carbonyl (C=O) groups is 2. The summed E-state index contributed by atoms with van der Waals surface area (Å²) in [6.07, 6.45) is -0.301. The topological polar surface area (TPSA) is 80.3 Å². The van der Waals surface area contributed by atoms with E-state index in [-0.39, 0.29) is 29.3 Å². The van der Waals surface area contributed by atoms with Crippen LogP contribution in [0.3, 0.4) is 0 Å². The van der Waals surface area contributed by atoms with E-state index in [1.807, 2.05) is 19.1 Å².